The lowest BCUT2D eigenvalue weighted by Crippen LogP contribution is -2.22. The van der Waals surface area contributed by atoms with Gasteiger partial charge >= 0.3 is 0 Å². The van der Waals surface area contributed by atoms with Crippen LogP contribution in [0.3, 0.4) is 0 Å². The number of ether oxygens (including phenoxy) is 1. The quantitative estimate of drug-likeness (QED) is 0.792. The molecule has 5 heteroatoms. The molecule has 0 saturated carbocycles. The molecule has 0 bridgehead atoms. The van der Waals surface area contributed by atoms with Crippen LogP contribution < -0.4 is 10.1 Å². The average molecular weight is 292 g/mol. The third-order valence-corrected chi connectivity index (χ3v) is 3.85. The molecule has 0 aliphatic rings. The van der Waals surface area contributed by atoms with Gasteiger partial charge in [0.15, 0.2) is 0 Å². The fourth-order valence-corrected chi connectivity index (χ4v) is 2.88. The first-order chi connectivity index (χ1) is 9.72. The maximum atomic E-state index is 5.37. The van der Waals surface area contributed by atoms with Crippen molar-refractivity contribution in [2.45, 2.75) is 25.1 Å². The smallest absolute Gasteiger partial charge is 0.255 e. The molecule has 2 aromatic rings. The number of aromatic nitrogens is 1. The van der Waals surface area contributed by atoms with Gasteiger partial charge in [-0.3, -0.25) is 0 Å². The van der Waals surface area contributed by atoms with Gasteiger partial charge in [-0.15, -0.1) is 0 Å². The maximum Gasteiger partial charge on any atom is 0.255 e. The number of aryl methyl sites for hydroxylation is 1. The highest BCUT2D eigenvalue weighted by molar-refractivity contribution is 7.99. The van der Waals surface area contributed by atoms with E-state index in [9.17, 15) is 0 Å². The van der Waals surface area contributed by atoms with E-state index in [1.54, 1.807) is 25.1 Å². The van der Waals surface area contributed by atoms with Crippen LogP contribution in [0, 0.1) is 6.92 Å². The molecular weight excluding hydrogens is 272 g/mol. The van der Waals surface area contributed by atoms with Crippen LogP contribution in [0.4, 0.5) is 0 Å². The van der Waals surface area contributed by atoms with Crippen LogP contribution >= 0.6 is 11.8 Å². The SMILES string of the molecule is CCNC(CSc1nc(C)co1)c1cccc(OC)c1. The molecule has 20 heavy (non-hydrogen) atoms. The van der Waals surface area contributed by atoms with Crippen molar-refractivity contribution < 1.29 is 9.15 Å². The molecule has 1 N–H and O–H groups in total. The summed E-state index contributed by atoms with van der Waals surface area (Å²) in [4.78, 5) is 4.31. The molecule has 4 nitrogen and oxygen atoms in total. The first-order valence-electron chi connectivity index (χ1n) is 6.65. The fraction of sp³-hybridized carbons (Fsp3) is 0.400. The van der Waals surface area contributed by atoms with Crippen LogP contribution in [0.25, 0.3) is 0 Å². The van der Waals surface area contributed by atoms with E-state index in [1.165, 1.54) is 5.56 Å². The molecule has 1 aromatic carbocycles. The molecule has 2 rings (SSSR count). The third-order valence-electron chi connectivity index (χ3n) is 2.92. The average Bonchev–Trinajstić information content (AvgIpc) is 2.89. The zero-order valence-corrected chi connectivity index (χ0v) is 12.9. The van der Waals surface area contributed by atoms with Crippen molar-refractivity contribution in [2.24, 2.45) is 0 Å². The highest BCUT2D eigenvalue weighted by Gasteiger charge is 2.13. The number of benzene rings is 1. The second-order valence-electron chi connectivity index (χ2n) is 4.45. The Kier molecular flexibility index (Phi) is 5.49. The van der Waals surface area contributed by atoms with Crippen molar-refractivity contribution in [3.05, 3.63) is 41.8 Å². The van der Waals surface area contributed by atoms with E-state index < -0.39 is 0 Å². The molecule has 0 saturated heterocycles. The standard InChI is InChI=1S/C15H20N2O2S/c1-4-16-14(10-20-15-17-11(2)9-19-15)12-6-5-7-13(8-12)18-3/h5-9,14,16H,4,10H2,1-3H3. The summed E-state index contributed by atoms with van der Waals surface area (Å²) in [7, 11) is 1.69. The Morgan fingerprint density at radius 1 is 1.45 bits per heavy atom. The first-order valence-corrected chi connectivity index (χ1v) is 7.63. The second-order valence-corrected chi connectivity index (χ2v) is 5.42. The summed E-state index contributed by atoms with van der Waals surface area (Å²) in [6.07, 6.45) is 1.68. The van der Waals surface area contributed by atoms with Crippen molar-refractivity contribution in [3.8, 4) is 5.75 Å². The molecule has 1 unspecified atom stereocenters. The number of rotatable bonds is 7. The second kappa shape index (κ2) is 7.36. The van der Waals surface area contributed by atoms with Gasteiger partial charge in [0.05, 0.1) is 12.8 Å². The number of nitrogens with zero attached hydrogens (tertiary/aromatic N) is 1. The monoisotopic (exact) mass is 292 g/mol. The molecule has 1 aromatic heterocycles. The van der Waals surface area contributed by atoms with E-state index in [1.807, 2.05) is 19.1 Å². The van der Waals surface area contributed by atoms with Gasteiger partial charge in [0.1, 0.15) is 12.0 Å². The van der Waals surface area contributed by atoms with Gasteiger partial charge in [0.2, 0.25) is 0 Å². The van der Waals surface area contributed by atoms with Gasteiger partial charge in [0, 0.05) is 11.8 Å². The lowest BCUT2D eigenvalue weighted by atomic mass is 10.1. The highest BCUT2D eigenvalue weighted by Crippen LogP contribution is 2.26. The van der Waals surface area contributed by atoms with E-state index in [4.69, 9.17) is 9.15 Å². The Bertz CT molecular complexity index is 542. The molecule has 1 heterocycles. The summed E-state index contributed by atoms with van der Waals surface area (Å²) >= 11 is 1.62. The number of oxazole rings is 1. The van der Waals surface area contributed by atoms with E-state index in [0.29, 0.717) is 5.22 Å². The number of hydrogen-bond donors (Lipinski definition) is 1. The fourth-order valence-electron chi connectivity index (χ4n) is 1.93. The van der Waals surface area contributed by atoms with E-state index in [0.717, 1.165) is 23.7 Å². The van der Waals surface area contributed by atoms with Crippen molar-refractivity contribution in [1.82, 2.24) is 10.3 Å². The number of nitrogens with one attached hydrogen (secondary N) is 1. The lowest BCUT2D eigenvalue weighted by molar-refractivity contribution is 0.413. The number of hydrogen-bond acceptors (Lipinski definition) is 5. The Balaban J connectivity index is 2.05. The number of thioether (sulfide) groups is 1. The van der Waals surface area contributed by atoms with Crippen molar-refractivity contribution in [3.63, 3.8) is 0 Å². The van der Waals surface area contributed by atoms with Gasteiger partial charge in [-0.2, -0.15) is 0 Å². The molecule has 0 aliphatic heterocycles. The molecule has 0 radical (unpaired) electrons. The Morgan fingerprint density at radius 2 is 2.30 bits per heavy atom. The van der Waals surface area contributed by atoms with Crippen molar-refractivity contribution in [2.75, 3.05) is 19.4 Å². The molecule has 0 fully saturated rings. The molecular formula is C15H20N2O2S. The van der Waals surface area contributed by atoms with Crippen LogP contribution in [-0.4, -0.2) is 24.4 Å². The zero-order chi connectivity index (χ0) is 14.4. The Hall–Kier alpha value is -1.46. The van der Waals surface area contributed by atoms with Crippen LogP contribution in [-0.2, 0) is 0 Å². The molecule has 1 atom stereocenters. The Morgan fingerprint density at radius 3 is 2.95 bits per heavy atom. The van der Waals surface area contributed by atoms with Gasteiger partial charge in [0.25, 0.3) is 5.22 Å². The zero-order valence-electron chi connectivity index (χ0n) is 12.1. The van der Waals surface area contributed by atoms with E-state index in [2.05, 4.69) is 29.4 Å². The topological polar surface area (TPSA) is 47.3 Å². The van der Waals surface area contributed by atoms with Crippen LogP contribution in [0.1, 0.15) is 24.2 Å². The first kappa shape index (κ1) is 14.9. The number of methoxy groups -OCH3 is 1. The predicted molar refractivity (Wildman–Crippen MR) is 81.4 cm³/mol. The molecule has 108 valence electrons. The molecule has 0 spiro atoms. The van der Waals surface area contributed by atoms with Gasteiger partial charge < -0.3 is 14.5 Å². The normalized spacial score (nSPS) is 12.3. The minimum atomic E-state index is 0.243. The van der Waals surface area contributed by atoms with Crippen LogP contribution in [0.5, 0.6) is 5.75 Å². The molecule has 0 aliphatic carbocycles. The van der Waals surface area contributed by atoms with Gasteiger partial charge in [-0.05, 0) is 31.2 Å². The van der Waals surface area contributed by atoms with Crippen molar-refractivity contribution >= 4 is 11.8 Å². The summed E-state index contributed by atoms with van der Waals surface area (Å²) in [6.45, 7) is 4.94. The van der Waals surface area contributed by atoms with Gasteiger partial charge in [-0.25, -0.2) is 4.98 Å². The van der Waals surface area contributed by atoms with E-state index >= 15 is 0 Å². The summed E-state index contributed by atoms with van der Waals surface area (Å²) in [6, 6.07) is 8.38. The highest BCUT2D eigenvalue weighted by atomic mass is 32.2. The minimum absolute atomic E-state index is 0.243. The summed E-state index contributed by atoms with van der Waals surface area (Å²) in [5.41, 5.74) is 2.12. The minimum Gasteiger partial charge on any atom is -0.497 e. The maximum absolute atomic E-state index is 5.37. The predicted octanol–water partition coefficient (Wildman–Crippen LogP) is 3.43. The van der Waals surface area contributed by atoms with Crippen molar-refractivity contribution in [1.29, 1.82) is 0 Å². The summed E-state index contributed by atoms with van der Waals surface area (Å²) in [5, 5.41) is 4.20. The van der Waals surface area contributed by atoms with E-state index in [-0.39, 0.29) is 6.04 Å². The molecule has 0 amide bonds. The van der Waals surface area contributed by atoms with Crippen LogP contribution in [0.15, 0.2) is 40.2 Å². The largest absolute Gasteiger partial charge is 0.497 e. The summed E-state index contributed by atoms with van der Waals surface area (Å²) in [5.74, 6) is 1.74. The van der Waals surface area contributed by atoms with Crippen LogP contribution in [0.2, 0.25) is 0 Å². The lowest BCUT2D eigenvalue weighted by Gasteiger charge is -2.17. The Labute approximate surface area is 123 Å². The summed E-state index contributed by atoms with van der Waals surface area (Å²) < 4.78 is 10.7. The van der Waals surface area contributed by atoms with Gasteiger partial charge in [-0.1, -0.05) is 30.8 Å². The third kappa shape index (κ3) is 4.02.